The van der Waals surface area contributed by atoms with Gasteiger partial charge in [0, 0.05) is 35.2 Å². The Balaban J connectivity index is 2.10. The van der Waals surface area contributed by atoms with E-state index in [1.54, 1.807) is 23.9 Å². The molecule has 1 unspecified atom stereocenters. The van der Waals surface area contributed by atoms with Crippen LogP contribution in [0, 0.1) is 0 Å². The van der Waals surface area contributed by atoms with Crippen molar-refractivity contribution >= 4 is 29.3 Å². The van der Waals surface area contributed by atoms with Crippen molar-refractivity contribution < 1.29 is 9.59 Å². The minimum Gasteiger partial charge on any atom is -0.350 e. The summed E-state index contributed by atoms with van der Waals surface area (Å²) in [5, 5.41) is 8.76. The Kier molecular flexibility index (Phi) is 5.03. The van der Waals surface area contributed by atoms with E-state index in [0.717, 1.165) is 16.3 Å². The molecule has 0 radical (unpaired) electrons. The van der Waals surface area contributed by atoms with Gasteiger partial charge in [-0.05, 0) is 32.2 Å². The van der Waals surface area contributed by atoms with E-state index in [1.165, 1.54) is 0 Å². The number of carbonyl (C=O) groups is 2. The quantitative estimate of drug-likeness (QED) is 0.786. The molecule has 1 aromatic rings. The Morgan fingerprint density at radius 2 is 2.30 bits per heavy atom. The summed E-state index contributed by atoms with van der Waals surface area (Å²) in [4.78, 5) is 24.6. The molecule has 1 aliphatic rings. The van der Waals surface area contributed by atoms with Crippen LogP contribution in [-0.2, 0) is 4.79 Å². The van der Waals surface area contributed by atoms with Crippen LogP contribution in [0.3, 0.4) is 0 Å². The van der Waals surface area contributed by atoms with E-state index in [0.29, 0.717) is 18.5 Å². The van der Waals surface area contributed by atoms with E-state index < -0.39 is 0 Å². The standard InChI is InChI=1S/C14H19N3O2S/c1-9(15-2)8-16-14(19)10-3-4-12-11(7-10)17-13(18)5-6-20-12/h3-4,7,9,15H,5-6,8H2,1-2H3,(H,16,19)(H,17,18). The smallest absolute Gasteiger partial charge is 0.251 e. The molecule has 1 aromatic carbocycles. The Bertz CT molecular complexity index is 519. The molecule has 0 spiro atoms. The molecule has 2 rings (SSSR count). The van der Waals surface area contributed by atoms with Gasteiger partial charge < -0.3 is 16.0 Å². The van der Waals surface area contributed by atoms with Crippen molar-refractivity contribution in [1.82, 2.24) is 10.6 Å². The molecule has 108 valence electrons. The monoisotopic (exact) mass is 293 g/mol. The first-order valence-electron chi connectivity index (χ1n) is 6.62. The number of carbonyl (C=O) groups excluding carboxylic acids is 2. The zero-order valence-electron chi connectivity index (χ0n) is 11.7. The summed E-state index contributed by atoms with van der Waals surface area (Å²) in [6.07, 6.45) is 0.501. The summed E-state index contributed by atoms with van der Waals surface area (Å²) in [6.45, 7) is 2.56. The van der Waals surface area contributed by atoms with Gasteiger partial charge in [-0.25, -0.2) is 0 Å². The van der Waals surface area contributed by atoms with Crippen LogP contribution in [0.5, 0.6) is 0 Å². The maximum absolute atomic E-state index is 12.1. The number of amides is 2. The molecular formula is C14H19N3O2S. The van der Waals surface area contributed by atoms with Crippen LogP contribution in [0.2, 0.25) is 0 Å². The first kappa shape index (κ1) is 14.9. The number of nitrogens with one attached hydrogen (secondary N) is 3. The maximum atomic E-state index is 12.1. The summed E-state index contributed by atoms with van der Waals surface area (Å²) >= 11 is 1.63. The number of fused-ring (bicyclic) bond motifs is 1. The second-order valence-electron chi connectivity index (χ2n) is 4.76. The molecule has 2 amide bonds. The number of anilines is 1. The summed E-state index contributed by atoms with van der Waals surface area (Å²) in [6, 6.07) is 5.64. The van der Waals surface area contributed by atoms with E-state index in [4.69, 9.17) is 0 Å². The molecule has 1 heterocycles. The van der Waals surface area contributed by atoms with Gasteiger partial charge in [-0.15, -0.1) is 11.8 Å². The van der Waals surface area contributed by atoms with E-state index in [1.807, 2.05) is 20.0 Å². The highest BCUT2D eigenvalue weighted by Gasteiger charge is 2.15. The van der Waals surface area contributed by atoms with Crippen molar-refractivity contribution in [1.29, 1.82) is 0 Å². The van der Waals surface area contributed by atoms with Crippen LogP contribution in [0.15, 0.2) is 23.1 Å². The van der Waals surface area contributed by atoms with Gasteiger partial charge in [0.1, 0.15) is 0 Å². The molecule has 20 heavy (non-hydrogen) atoms. The summed E-state index contributed by atoms with van der Waals surface area (Å²) < 4.78 is 0. The van der Waals surface area contributed by atoms with Crippen LogP contribution in [0.25, 0.3) is 0 Å². The van der Waals surface area contributed by atoms with Crippen LogP contribution in [0.1, 0.15) is 23.7 Å². The Hall–Kier alpha value is -1.53. The minimum absolute atomic E-state index is 0.00221. The average molecular weight is 293 g/mol. The predicted molar refractivity (Wildman–Crippen MR) is 81.3 cm³/mol. The van der Waals surface area contributed by atoms with E-state index in [2.05, 4.69) is 16.0 Å². The molecule has 6 heteroatoms. The lowest BCUT2D eigenvalue weighted by Gasteiger charge is -2.12. The van der Waals surface area contributed by atoms with Crippen LogP contribution in [-0.4, -0.2) is 37.2 Å². The zero-order chi connectivity index (χ0) is 14.5. The lowest BCUT2D eigenvalue weighted by atomic mass is 10.1. The molecule has 0 saturated heterocycles. The highest BCUT2D eigenvalue weighted by Crippen LogP contribution is 2.31. The molecule has 0 bridgehead atoms. The predicted octanol–water partition coefficient (Wildman–Crippen LogP) is 1.46. The first-order valence-corrected chi connectivity index (χ1v) is 7.61. The van der Waals surface area contributed by atoms with E-state index >= 15 is 0 Å². The maximum Gasteiger partial charge on any atom is 0.251 e. The van der Waals surface area contributed by atoms with E-state index in [9.17, 15) is 9.59 Å². The zero-order valence-corrected chi connectivity index (χ0v) is 12.5. The minimum atomic E-state index is -0.126. The molecule has 0 fully saturated rings. The lowest BCUT2D eigenvalue weighted by molar-refractivity contribution is -0.115. The van der Waals surface area contributed by atoms with Gasteiger partial charge in [-0.3, -0.25) is 9.59 Å². The second-order valence-corrected chi connectivity index (χ2v) is 5.89. The van der Waals surface area contributed by atoms with E-state index in [-0.39, 0.29) is 17.9 Å². The third-order valence-corrected chi connectivity index (χ3v) is 4.24. The number of rotatable bonds is 4. The second kappa shape index (κ2) is 6.76. The molecule has 0 aromatic heterocycles. The van der Waals surface area contributed by atoms with Gasteiger partial charge in [0.15, 0.2) is 0 Å². The van der Waals surface area contributed by atoms with Crippen LogP contribution in [0.4, 0.5) is 5.69 Å². The SMILES string of the molecule is CNC(C)CNC(=O)c1ccc2c(c1)NC(=O)CCS2. The Morgan fingerprint density at radius 1 is 1.50 bits per heavy atom. The summed E-state index contributed by atoms with van der Waals surface area (Å²) in [5.41, 5.74) is 1.29. The molecule has 1 atom stereocenters. The normalized spacial score (nSPS) is 15.8. The third kappa shape index (κ3) is 3.74. The van der Waals surface area contributed by atoms with Crippen molar-refractivity contribution in [2.75, 3.05) is 24.7 Å². The van der Waals surface area contributed by atoms with Crippen molar-refractivity contribution in [2.24, 2.45) is 0 Å². The highest BCUT2D eigenvalue weighted by atomic mass is 32.2. The summed E-state index contributed by atoms with van der Waals surface area (Å²) in [7, 11) is 1.85. The number of hydrogen-bond donors (Lipinski definition) is 3. The topological polar surface area (TPSA) is 70.2 Å². The number of benzene rings is 1. The lowest BCUT2D eigenvalue weighted by Crippen LogP contribution is -2.37. The fraction of sp³-hybridized carbons (Fsp3) is 0.429. The number of hydrogen-bond acceptors (Lipinski definition) is 4. The van der Waals surface area contributed by atoms with Crippen LogP contribution >= 0.6 is 11.8 Å². The Morgan fingerprint density at radius 3 is 3.05 bits per heavy atom. The fourth-order valence-corrected chi connectivity index (χ4v) is 2.75. The van der Waals surface area contributed by atoms with Gasteiger partial charge in [-0.1, -0.05) is 0 Å². The molecular weight excluding hydrogens is 274 g/mol. The van der Waals surface area contributed by atoms with Gasteiger partial charge in [-0.2, -0.15) is 0 Å². The van der Waals surface area contributed by atoms with Gasteiger partial charge >= 0.3 is 0 Å². The largest absolute Gasteiger partial charge is 0.350 e. The average Bonchev–Trinajstić information content (AvgIpc) is 2.63. The van der Waals surface area contributed by atoms with Crippen molar-refractivity contribution in [2.45, 2.75) is 24.3 Å². The Labute approximate surface area is 122 Å². The number of likely N-dealkylation sites (N-methyl/N-ethyl adjacent to an activating group) is 1. The molecule has 5 nitrogen and oxygen atoms in total. The first-order chi connectivity index (χ1) is 9.60. The molecule has 3 N–H and O–H groups in total. The van der Waals surface area contributed by atoms with Crippen molar-refractivity contribution in [3.8, 4) is 0 Å². The van der Waals surface area contributed by atoms with Crippen molar-refractivity contribution in [3.63, 3.8) is 0 Å². The molecule has 0 saturated carbocycles. The third-order valence-electron chi connectivity index (χ3n) is 3.16. The van der Waals surface area contributed by atoms with Crippen LogP contribution < -0.4 is 16.0 Å². The highest BCUT2D eigenvalue weighted by molar-refractivity contribution is 7.99. The summed E-state index contributed by atoms with van der Waals surface area (Å²) in [5.74, 6) is 0.639. The number of thioether (sulfide) groups is 1. The van der Waals surface area contributed by atoms with Gasteiger partial charge in [0.05, 0.1) is 5.69 Å². The van der Waals surface area contributed by atoms with Crippen molar-refractivity contribution in [3.05, 3.63) is 23.8 Å². The van der Waals surface area contributed by atoms with Gasteiger partial charge in [0.2, 0.25) is 5.91 Å². The molecule has 1 aliphatic heterocycles. The van der Waals surface area contributed by atoms with Gasteiger partial charge in [0.25, 0.3) is 5.91 Å². The fourth-order valence-electron chi connectivity index (χ4n) is 1.81. The molecule has 0 aliphatic carbocycles.